The Morgan fingerprint density at radius 1 is 0.848 bits per heavy atom. The molecule has 0 saturated carbocycles. The van der Waals surface area contributed by atoms with Crippen molar-refractivity contribution >= 4 is 29.7 Å². The van der Waals surface area contributed by atoms with Crippen LogP contribution in [0.3, 0.4) is 0 Å². The largest absolute Gasteiger partial charge is 0.497 e. The number of aromatic nitrogens is 1. The van der Waals surface area contributed by atoms with Gasteiger partial charge in [0.15, 0.2) is 23.7 Å². The van der Waals surface area contributed by atoms with Crippen LogP contribution in [-0.4, -0.2) is 59.5 Å². The third-order valence-electron chi connectivity index (χ3n) is 4.68. The second-order valence-electron chi connectivity index (χ2n) is 7.22. The summed E-state index contributed by atoms with van der Waals surface area (Å²) in [6.07, 6.45) is -1.22. The molecule has 4 atom stereocenters. The number of rotatable bonds is 7. The lowest BCUT2D eigenvalue weighted by molar-refractivity contribution is -0.186. The molecule has 0 spiro atoms. The predicted molar refractivity (Wildman–Crippen MR) is 120 cm³/mol. The first kappa shape index (κ1) is 24.4. The summed E-state index contributed by atoms with van der Waals surface area (Å²) < 4.78 is 27.3. The van der Waals surface area contributed by atoms with E-state index in [2.05, 4.69) is 4.98 Å². The van der Waals surface area contributed by atoms with Gasteiger partial charge < -0.3 is 23.7 Å². The number of thioether (sulfide) groups is 1. The first-order valence-electron chi connectivity index (χ1n) is 10.2. The molecule has 3 rings (SSSR count). The Hall–Kier alpha value is -3.27. The number of carbonyl (C=O) groups excluding carboxylic acids is 3. The monoisotopic (exact) mass is 475 g/mol. The summed E-state index contributed by atoms with van der Waals surface area (Å²) >= 11 is 1.28. The molecule has 0 radical (unpaired) electrons. The highest BCUT2D eigenvalue weighted by molar-refractivity contribution is 7.99. The number of esters is 3. The Kier molecular flexibility index (Phi) is 8.16. The van der Waals surface area contributed by atoms with E-state index < -0.39 is 41.7 Å². The lowest BCUT2D eigenvalue weighted by Crippen LogP contribution is -2.55. The van der Waals surface area contributed by atoms with E-state index in [0.29, 0.717) is 5.75 Å². The van der Waals surface area contributed by atoms with Gasteiger partial charge in [-0.3, -0.25) is 19.4 Å². The van der Waals surface area contributed by atoms with E-state index in [0.717, 1.165) is 17.0 Å². The summed E-state index contributed by atoms with van der Waals surface area (Å²) in [5.41, 5.74) is 0.940. The quantitative estimate of drug-likeness (QED) is 0.438. The van der Waals surface area contributed by atoms with Gasteiger partial charge in [-0.05, 0) is 36.4 Å². The van der Waals surface area contributed by atoms with E-state index in [1.165, 1.54) is 32.5 Å². The molecule has 9 nitrogen and oxygen atoms in total. The standard InChI is InChI=1S/C23H25NO8S/c1-13(25)29-20-12-33-23(22(31-15(3)27)21(20)30-14(2)26)32-18-9-10-19(24-11-18)16-5-7-17(28-4)8-6-16/h5-11,20-23H,12H2,1-4H3/t20-,21+,22-,23+/m1/s1. The average molecular weight is 476 g/mol. The van der Waals surface area contributed by atoms with Crippen molar-refractivity contribution in [2.75, 3.05) is 12.9 Å². The minimum absolute atomic E-state index is 0.289. The van der Waals surface area contributed by atoms with Crippen LogP contribution in [0.25, 0.3) is 11.3 Å². The van der Waals surface area contributed by atoms with E-state index >= 15 is 0 Å². The Morgan fingerprint density at radius 2 is 1.45 bits per heavy atom. The Bertz CT molecular complexity index is 979. The van der Waals surface area contributed by atoms with E-state index in [1.54, 1.807) is 25.4 Å². The van der Waals surface area contributed by atoms with Gasteiger partial charge in [0.05, 0.1) is 19.0 Å². The first-order valence-corrected chi connectivity index (χ1v) is 11.2. The smallest absolute Gasteiger partial charge is 0.303 e. The van der Waals surface area contributed by atoms with Crippen LogP contribution in [0.15, 0.2) is 42.6 Å². The number of carbonyl (C=O) groups is 3. The van der Waals surface area contributed by atoms with Gasteiger partial charge in [0, 0.05) is 32.1 Å². The second-order valence-corrected chi connectivity index (χ2v) is 8.35. The SMILES string of the molecule is COc1ccc(-c2ccc(O[C@H]3SC[C@@H](OC(C)=O)[C@H](OC(C)=O)[C@H]3OC(C)=O)cn2)cc1. The van der Waals surface area contributed by atoms with Crippen LogP contribution in [0.1, 0.15) is 20.8 Å². The Morgan fingerprint density at radius 3 is 2.00 bits per heavy atom. The molecular formula is C23H25NO8S. The fourth-order valence-electron chi connectivity index (χ4n) is 3.33. The van der Waals surface area contributed by atoms with Crippen molar-refractivity contribution in [2.24, 2.45) is 0 Å². The lowest BCUT2D eigenvalue weighted by Gasteiger charge is -2.39. The molecular weight excluding hydrogens is 450 g/mol. The number of pyridine rings is 1. The number of hydrogen-bond acceptors (Lipinski definition) is 10. The van der Waals surface area contributed by atoms with Crippen LogP contribution in [0, 0.1) is 0 Å². The topological polar surface area (TPSA) is 110 Å². The maximum Gasteiger partial charge on any atom is 0.303 e. The minimum atomic E-state index is -1.01. The van der Waals surface area contributed by atoms with Crippen molar-refractivity contribution in [3.63, 3.8) is 0 Å². The third-order valence-corrected chi connectivity index (χ3v) is 5.89. The van der Waals surface area contributed by atoms with Crippen LogP contribution in [-0.2, 0) is 28.6 Å². The zero-order valence-corrected chi connectivity index (χ0v) is 19.5. The zero-order valence-electron chi connectivity index (χ0n) is 18.7. The zero-order chi connectivity index (χ0) is 24.0. The van der Waals surface area contributed by atoms with E-state index in [9.17, 15) is 14.4 Å². The highest BCUT2D eigenvalue weighted by atomic mass is 32.2. The summed E-state index contributed by atoms with van der Waals surface area (Å²) in [5.74, 6) is -0.226. The average Bonchev–Trinajstić information content (AvgIpc) is 2.77. The van der Waals surface area contributed by atoms with Gasteiger partial charge in [-0.25, -0.2) is 0 Å². The summed E-state index contributed by atoms with van der Waals surface area (Å²) in [7, 11) is 1.60. The molecule has 1 fully saturated rings. The van der Waals surface area contributed by atoms with Gasteiger partial charge in [-0.1, -0.05) is 0 Å². The van der Waals surface area contributed by atoms with Gasteiger partial charge in [0.2, 0.25) is 0 Å². The molecule has 2 aromatic rings. The molecule has 176 valence electrons. The van der Waals surface area contributed by atoms with Crippen molar-refractivity contribution in [1.82, 2.24) is 4.98 Å². The molecule has 1 aliphatic rings. The highest BCUT2D eigenvalue weighted by Crippen LogP contribution is 2.34. The van der Waals surface area contributed by atoms with E-state index in [-0.39, 0.29) is 5.75 Å². The number of benzene rings is 1. The number of nitrogens with zero attached hydrogens (tertiary/aromatic N) is 1. The van der Waals surface area contributed by atoms with Crippen molar-refractivity contribution in [3.8, 4) is 22.8 Å². The molecule has 1 aromatic carbocycles. The van der Waals surface area contributed by atoms with Gasteiger partial charge in [-0.15, -0.1) is 11.8 Å². The van der Waals surface area contributed by atoms with Crippen molar-refractivity contribution < 1.29 is 38.1 Å². The summed E-state index contributed by atoms with van der Waals surface area (Å²) in [5, 5.41) is 0. The van der Waals surface area contributed by atoms with Gasteiger partial charge >= 0.3 is 17.9 Å². The molecule has 0 amide bonds. The maximum atomic E-state index is 11.8. The lowest BCUT2D eigenvalue weighted by atomic mass is 10.1. The molecule has 0 bridgehead atoms. The van der Waals surface area contributed by atoms with Crippen LogP contribution in [0.4, 0.5) is 0 Å². The van der Waals surface area contributed by atoms with Gasteiger partial charge in [0.25, 0.3) is 0 Å². The number of methoxy groups -OCH3 is 1. The fraction of sp³-hybridized carbons (Fsp3) is 0.391. The van der Waals surface area contributed by atoms with Crippen molar-refractivity contribution in [2.45, 2.75) is 44.5 Å². The van der Waals surface area contributed by atoms with Crippen molar-refractivity contribution in [3.05, 3.63) is 42.6 Å². The summed E-state index contributed by atoms with van der Waals surface area (Å²) in [4.78, 5) is 39.4. The molecule has 1 aromatic heterocycles. The van der Waals surface area contributed by atoms with Crippen LogP contribution in [0.5, 0.6) is 11.5 Å². The van der Waals surface area contributed by atoms with E-state index in [1.807, 2.05) is 24.3 Å². The summed E-state index contributed by atoms with van der Waals surface area (Å²) in [6, 6.07) is 11.0. The molecule has 0 aliphatic carbocycles. The van der Waals surface area contributed by atoms with Crippen LogP contribution in [0.2, 0.25) is 0 Å². The van der Waals surface area contributed by atoms with Gasteiger partial charge in [-0.2, -0.15) is 0 Å². The molecule has 1 saturated heterocycles. The predicted octanol–water partition coefficient (Wildman–Crippen LogP) is 3.00. The maximum absolute atomic E-state index is 11.8. The van der Waals surface area contributed by atoms with E-state index in [4.69, 9.17) is 23.7 Å². The molecule has 0 N–H and O–H groups in total. The van der Waals surface area contributed by atoms with Crippen molar-refractivity contribution in [1.29, 1.82) is 0 Å². The minimum Gasteiger partial charge on any atom is -0.497 e. The molecule has 10 heteroatoms. The Balaban J connectivity index is 1.78. The number of hydrogen-bond donors (Lipinski definition) is 0. The van der Waals surface area contributed by atoms with Crippen LogP contribution >= 0.6 is 11.8 Å². The van der Waals surface area contributed by atoms with Crippen LogP contribution < -0.4 is 9.47 Å². The second kappa shape index (κ2) is 11.0. The molecule has 0 unspecified atom stereocenters. The number of ether oxygens (including phenoxy) is 5. The third kappa shape index (κ3) is 6.61. The fourth-order valence-corrected chi connectivity index (χ4v) is 4.54. The molecule has 1 aliphatic heterocycles. The normalized spacial score (nSPS) is 22.1. The molecule has 33 heavy (non-hydrogen) atoms. The van der Waals surface area contributed by atoms with Gasteiger partial charge in [0.1, 0.15) is 11.5 Å². The molecule has 2 heterocycles. The summed E-state index contributed by atoms with van der Waals surface area (Å²) in [6.45, 7) is 3.73. The first-order chi connectivity index (χ1) is 15.8. The highest BCUT2D eigenvalue weighted by Gasteiger charge is 2.47. The Labute approximate surface area is 195 Å².